The van der Waals surface area contributed by atoms with Gasteiger partial charge in [-0.05, 0) is 37.8 Å². The molecule has 2 aromatic heterocycles. The summed E-state index contributed by atoms with van der Waals surface area (Å²) in [5.74, 6) is -1.36. The molecule has 0 saturated carbocycles. The molecule has 0 spiro atoms. The van der Waals surface area contributed by atoms with Gasteiger partial charge in [-0.1, -0.05) is 30.1 Å². The lowest BCUT2D eigenvalue weighted by Gasteiger charge is -2.39. The zero-order chi connectivity index (χ0) is 32.7. The number of hydrogen-bond donors (Lipinski definition) is 0. The number of anilines is 1. The lowest BCUT2D eigenvalue weighted by atomic mass is 9.94. The molecule has 0 aliphatic carbocycles. The maximum atomic E-state index is 15.3. The average Bonchev–Trinajstić information content (AvgIpc) is 3.43. The van der Waals surface area contributed by atoms with Crippen molar-refractivity contribution in [3.05, 3.63) is 62.0 Å². The largest absolute Gasteiger partial charge is 0.451 e. The van der Waals surface area contributed by atoms with Gasteiger partial charge in [-0.3, -0.25) is 9.47 Å². The number of hydrogen-bond acceptors (Lipinski definition) is 7. The summed E-state index contributed by atoms with van der Waals surface area (Å²) < 4.78 is 72.4. The van der Waals surface area contributed by atoms with Gasteiger partial charge >= 0.3 is 11.9 Å². The van der Waals surface area contributed by atoms with E-state index in [1.807, 2.05) is 4.90 Å². The van der Waals surface area contributed by atoms with E-state index in [-0.39, 0.29) is 40.6 Å². The Kier molecular flexibility index (Phi) is 8.01. The fraction of sp³-hybridized carbons (Fsp3) is 0.467. The van der Waals surface area contributed by atoms with Crippen molar-refractivity contribution in [3.63, 3.8) is 0 Å². The highest BCUT2D eigenvalue weighted by atomic mass is 35.5. The first-order chi connectivity index (χ1) is 21.8. The van der Waals surface area contributed by atoms with Crippen LogP contribution in [0.1, 0.15) is 44.4 Å². The van der Waals surface area contributed by atoms with E-state index in [9.17, 15) is 22.4 Å². The third-order valence-corrected chi connectivity index (χ3v) is 10.9. The number of piperidine rings is 1. The van der Waals surface area contributed by atoms with Gasteiger partial charge in [0.15, 0.2) is 0 Å². The van der Waals surface area contributed by atoms with Crippen LogP contribution in [0.3, 0.4) is 0 Å². The standard InChI is InChI=1S/C30H28Cl2F5N7OS/c1-14-3-4-15(2)43(10-14)27-18-8-20(32)24(17-7-19(31)22(34)9-21(17)33)26-25(18)44(29(45)38-27)16(13-46-26)11-41-5-6-42-23(12-41)39-40-28(42)30(35,36)37/h7-9,14-16H,3-6,10-13H2,1-2H3/t14-,15-,16-/m0/s1. The summed E-state index contributed by atoms with van der Waals surface area (Å²) >= 11 is 14.4. The van der Waals surface area contributed by atoms with E-state index in [4.69, 9.17) is 23.2 Å². The summed E-state index contributed by atoms with van der Waals surface area (Å²) in [6.07, 6.45) is -2.65. The molecule has 0 bridgehead atoms. The van der Waals surface area contributed by atoms with Crippen LogP contribution in [0.2, 0.25) is 10.0 Å². The second kappa shape index (κ2) is 11.6. The molecule has 1 saturated heterocycles. The van der Waals surface area contributed by atoms with E-state index < -0.39 is 35.4 Å². The minimum absolute atomic E-state index is 0.00686. The summed E-state index contributed by atoms with van der Waals surface area (Å²) in [7, 11) is 0. The second-order valence-electron chi connectivity index (χ2n) is 12.3. The highest BCUT2D eigenvalue weighted by Crippen LogP contribution is 2.49. The van der Waals surface area contributed by atoms with E-state index in [1.165, 1.54) is 17.8 Å². The van der Waals surface area contributed by atoms with Gasteiger partial charge in [0.25, 0.3) is 0 Å². The Labute approximate surface area is 274 Å². The first-order valence-corrected chi connectivity index (χ1v) is 16.6. The van der Waals surface area contributed by atoms with Crippen molar-refractivity contribution in [3.8, 4) is 11.1 Å². The fourth-order valence-corrected chi connectivity index (χ4v) is 8.68. The molecule has 244 valence electrons. The molecule has 0 unspecified atom stereocenters. The van der Waals surface area contributed by atoms with Crippen LogP contribution in [0.25, 0.3) is 22.0 Å². The zero-order valence-electron chi connectivity index (χ0n) is 24.7. The minimum atomic E-state index is -4.61. The van der Waals surface area contributed by atoms with Gasteiger partial charge in [-0.15, -0.1) is 22.0 Å². The predicted octanol–water partition coefficient (Wildman–Crippen LogP) is 7.05. The quantitative estimate of drug-likeness (QED) is 0.167. The molecule has 0 N–H and O–H groups in total. The SMILES string of the molecule is C[C@H]1CC[C@H](C)N(c2nc(=O)n3c4c(c(-c5cc(Cl)c(F)cc5F)c(Cl)cc24)SC[C@@H]3CN2CCn3c(nnc3C(F)(F)F)C2)C1. The van der Waals surface area contributed by atoms with E-state index in [0.29, 0.717) is 64.6 Å². The van der Waals surface area contributed by atoms with Gasteiger partial charge in [0.2, 0.25) is 5.82 Å². The van der Waals surface area contributed by atoms with Crippen molar-refractivity contribution in [2.24, 2.45) is 5.92 Å². The number of rotatable bonds is 4. The third kappa shape index (κ3) is 5.34. The van der Waals surface area contributed by atoms with Crippen LogP contribution in [-0.2, 0) is 19.3 Å². The molecule has 0 amide bonds. The zero-order valence-corrected chi connectivity index (χ0v) is 27.0. The van der Waals surface area contributed by atoms with E-state index in [0.717, 1.165) is 17.4 Å². The number of halogens is 7. The van der Waals surface area contributed by atoms with Crippen LogP contribution >= 0.6 is 35.0 Å². The molecule has 3 atom stereocenters. The van der Waals surface area contributed by atoms with Crippen molar-refractivity contribution >= 4 is 51.7 Å². The van der Waals surface area contributed by atoms with Crippen molar-refractivity contribution < 1.29 is 22.0 Å². The van der Waals surface area contributed by atoms with Crippen molar-refractivity contribution in [1.82, 2.24) is 29.2 Å². The maximum absolute atomic E-state index is 15.3. The molecule has 8 nitrogen and oxygen atoms in total. The Morgan fingerprint density at radius 3 is 2.57 bits per heavy atom. The summed E-state index contributed by atoms with van der Waals surface area (Å²) in [6, 6.07) is 3.26. The topological polar surface area (TPSA) is 72.1 Å². The van der Waals surface area contributed by atoms with Crippen molar-refractivity contribution in [2.45, 2.75) is 62.9 Å². The molecule has 3 aliphatic heterocycles. The van der Waals surface area contributed by atoms with Gasteiger partial charge in [0, 0.05) is 65.4 Å². The summed E-state index contributed by atoms with van der Waals surface area (Å²) in [5.41, 5.74) is 0.339. The Balaban J connectivity index is 1.37. The van der Waals surface area contributed by atoms with Crippen molar-refractivity contribution in [2.75, 3.05) is 30.3 Å². The van der Waals surface area contributed by atoms with Gasteiger partial charge in [-0.25, -0.2) is 13.6 Å². The van der Waals surface area contributed by atoms with E-state index >= 15 is 4.39 Å². The smallest absolute Gasteiger partial charge is 0.353 e. The normalized spacial score (nSPS) is 22.0. The van der Waals surface area contributed by atoms with Crippen LogP contribution in [-0.4, -0.2) is 60.6 Å². The Morgan fingerprint density at radius 2 is 1.80 bits per heavy atom. The molecular formula is C30H28Cl2F5N7OS. The minimum Gasteiger partial charge on any atom is -0.353 e. The number of benzene rings is 2. The van der Waals surface area contributed by atoms with Crippen LogP contribution in [0, 0.1) is 17.6 Å². The lowest BCUT2D eigenvalue weighted by molar-refractivity contribution is -0.148. The van der Waals surface area contributed by atoms with Gasteiger partial charge in [0.05, 0.1) is 28.1 Å². The van der Waals surface area contributed by atoms with Gasteiger partial charge < -0.3 is 9.47 Å². The molecule has 2 aromatic carbocycles. The maximum Gasteiger partial charge on any atom is 0.451 e. The van der Waals surface area contributed by atoms with Crippen LogP contribution < -0.4 is 10.6 Å². The summed E-state index contributed by atoms with van der Waals surface area (Å²) in [5, 5.41) is 7.72. The summed E-state index contributed by atoms with van der Waals surface area (Å²) in [4.78, 5) is 23.2. The molecule has 16 heteroatoms. The van der Waals surface area contributed by atoms with E-state index in [1.54, 1.807) is 10.6 Å². The molecule has 46 heavy (non-hydrogen) atoms. The van der Waals surface area contributed by atoms with Crippen LogP contribution in [0.15, 0.2) is 27.9 Å². The molecule has 5 heterocycles. The molecule has 1 fully saturated rings. The predicted molar refractivity (Wildman–Crippen MR) is 167 cm³/mol. The Bertz CT molecular complexity index is 1930. The van der Waals surface area contributed by atoms with Crippen molar-refractivity contribution in [1.29, 1.82) is 0 Å². The lowest BCUT2D eigenvalue weighted by Crippen LogP contribution is -2.45. The van der Waals surface area contributed by atoms with Crippen LogP contribution in [0.4, 0.5) is 27.8 Å². The first-order valence-electron chi connectivity index (χ1n) is 14.9. The fourth-order valence-electron chi connectivity index (χ4n) is 6.83. The van der Waals surface area contributed by atoms with Crippen LogP contribution in [0.5, 0.6) is 0 Å². The monoisotopic (exact) mass is 699 g/mol. The molecular weight excluding hydrogens is 672 g/mol. The summed E-state index contributed by atoms with van der Waals surface area (Å²) in [6.45, 7) is 5.70. The highest BCUT2D eigenvalue weighted by Gasteiger charge is 2.40. The number of alkyl halides is 3. The highest BCUT2D eigenvalue weighted by molar-refractivity contribution is 7.99. The van der Waals surface area contributed by atoms with Gasteiger partial charge in [-0.2, -0.15) is 18.2 Å². The number of fused-ring (bicyclic) bond motifs is 1. The Hall–Kier alpha value is -2.94. The number of thioether (sulfide) groups is 1. The average molecular weight is 701 g/mol. The number of nitrogens with zero attached hydrogens (tertiary/aromatic N) is 7. The molecule has 4 aromatic rings. The second-order valence-corrected chi connectivity index (χ2v) is 14.1. The van der Waals surface area contributed by atoms with Gasteiger partial charge in [0.1, 0.15) is 23.3 Å². The number of aromatic nitrogens is 5. The Morgan fingerprint density at radius 1 is 1.02 bits per heavy atom. The third-order valence-electron chi connectivity index (χ3n) is 9.11. The molecule has 3 aliphatic rings. The molecule has 7 rings (SSSR count). The first kappa shape index (κ1) is 31.6. The molecule has 0 radical (unpaired) electrons. The van der Waals surface area contributed by atoms with E-state index in [2.05, 4.69) is 33.9 Å².